The summed E-state index contributed by atoms with van der Waals surface area (Å²) in [5, 5.41) is 5.95. The number of hydrogen-bond acceptors (Lipinski definition) is 6. The minimum absolute atomic E-state index is 0.253. The van der Waals surface area contributed by atoms with Crippen molar-refractivity contribution in [3.8, 4) is 10.8 Å². The van der Waals surface area contributed by atoms with Gasteiger partial charge in [0.2, 0.25) is 0 Å². The number of hydrogen-bond donors (Lipinski definition) is 1. The minimum atomic E-state index is 0.253. The molecule has 2 aromatic heterocycles. The van der Waals surface area contributed by atoms with Gasteiger partial charge in [-0.15, -0.1) is 11.3 Å². The van der Waals surface area contributed by atoms with Crippen LogP contribution in [-0.2, 0) is 5.75 Å². The van der Waals surface area contributed by atoms with E-state index in [1.165, 1.54) is 0 Å². The monoisotopic (exact) mass is 269 g/mol. The summed E-state index contributed by atoms with van der Waals surface area (Å²) < 4.78 is 5.20. The Morgan fingerprint density at radius 1 is 1.59 bits per heavy atom. The van der Waals surface area contributed by atoms with Crippen molar-refractivity contribution in [1.29, 1.82) is 0 Å². The normalized spacial score (nSPS) is 12.8. The number of nitrogens with two attached hydrogens (primary N) is 1. The highest BCUT2D eigenvalue weighted by molar-refractivity contribution is 7.98. The van der Waals surface area contributed by atoms with Gasteiger partial charge in [0.05, 0.1) is 10.6 Å². The predicted octanol–water partition coefficient (Wildman–Crippen LogP) is 2.77. The summed E-state index contributed by atoms with van der Waals surface area (Å²) in [5.41, 5.74) is 5.84. The molecule has 0 aromatic carbocycles. The zero-order valence-corrected chi connectivity index (χ0v) is 11.3. The molecular weight excluding hydrogens is 254 g/mol. The average Bonchev–Trinajstić information content (AvgIpc) is 2.98. The van der Waals surface area contributed by atoms with Crippen LogP contribution in [0.4, 0.5) is 0 Å². The third-order valence-corrected chi connectivity index (χ3v) is 4.27. The van der Waals surface area contributed by atoms with Crippen molar-refractivity contribution in [3.05, 3.63) is 23.3 Å². The average molecular weight is 269 g/mol. The molecule has 2 N–H and O–H groups in total. The van der Waals surface area contributed by atoms with E-state index in [0.29, 0.717) is 5.89 Å². The molecule has 0 saturated heterocycles. The highest BCUT2D eigenvalue weighted by atomic mass is 32.2. The molecule has 4 nitrogen and oxygen atoms in total. The zero-order chi connectivity index (χ0) is 12.1. The van der Waals surface area contributed by atoms with E-state index in [2.05, 4.69) is 17.1 Å². The van der Waals surface area contributed by atoms with Crippen LogP contribution in [0, 0.1) is 0 Å². The van der Waals surface area contributed by atoms with Crippen LogP contribution in [0.25, 0.3) is 10.8 Å². The van der Waals surface area contributed by atoms with Crippen LogP contribution in [0.2, 0.25) is 0 Å². The Morgan fingerprint density at radius 3 is 3.18 bits per heavy atom. The van der Waals surface area contributed by atoms with E-state index in [-0.39, 0.29) is 6.04 Å². The van der Waals surface area contributed by atoms with E-state index in [1.807, 2.05) is 17.5 Å². The maximum Gasteiger partial charge on any atom is 0.268 e. The van der Waals surface area contributed by atoms with Crippen molar-refractivity contribution in [1.82, 2.24) is 10.1 Å². The molecule has 0 radical (unpaired) electrons. The maximum atomic E-state index is 5.84. The van der Waals surface area contributed by atoms with Gasteiger partial charge in [-0.2, -0.15) is 16.7 Å². The lowest BCUT2D eigenvalue weighted by atomic mass is 10.3. The van der Waals surface area contributed by atoms with Crippen LogP contribution in [-0.4, -0.2) is 21.9 Å². The molecule has 0 aliphatic rings. The first-order valence-electron chi connectivity index (χ1n) is 5.49. The Kier molecular flexibility index (Phi) is 4.58. The SMILES string of the molecule is CCC(N)CSCc1noc(-c2cccs2)n1. The van der Waals surface area contributed by atoms with Crippen molar-refractivity contribution in [3.63, 3.8) is 0 Å². The van der Waals surface area contributed by atoms with E-state index in [1.54, 1.807) is 23.1 Å². The second-order valence-corrected chi connectivity index (χ2v) is 5.65. The minimum Gasteiger partial charge on any atom is -0.333 e. The van der Waals surface area contributed by atoms with Crippen molar-refractivity contribution in [2.24, 2.45) is 5.73 Å². The molecule has 0 aliphatic heterocycles. The Hall–Kier alpha value is -0.850. The van der Waals surface area contributed by atoms with E-state index in [4.69, 9.17) is 10.3 Å². The molecule has 0 fully saturated rings. The molecule has 2 aromatic rings. The maximum absolute atomic E-state index is 5.84. The molecule has 0 saturated carbocycles. The molecule has 6 heteroatoms. The summed E-state index contributed by atoms with van der Waals surface area (Å²) in [6, 6.07) is 4.20. The summed E-state index contributed by atoms with van der Waals surface area (Å²) in [7, 11) is 0. The standard InChI is InChI=1S/C11H15N3OS2/c1-2-8(12)6-16-7-10-13-11(15-14-10)9-4-3-5-17-9/h3-5,8H,2,6-7,12H2,1H3. The van der Waals surface area contributed by atoms with Crippen LogP contribution >= 0.6 is 23.1 Å². The van der Waals surface area contributed by atoms with Crippen LogP contribution in [0.3, 0.4) is 0 Å². The van der Waals surface area contributed by atoms with Gasteiger partial charge >= 0.3 is 0 Å². The molecule has 0 bridgehead atoms. The first kappa shape index (κ1) is 12.6. The second-order valence-electron chi connectivity index (χ2n) is 3.68. The molecular formula is C11H15N3OS2. The van der Waals surface area contributed by atoms with E-state index >= 15 is 0 Å². The van der Waals surface area contributed by atoms with Gasteiger partial charge in [-0.25, -0.2) is 0 Å². The summed E-state index contributed by atoms with van der Waals surface area (Å²) in [5.74, 6) is 3.03. The largest absolute Gasteiger partial charge is 0.333 e. The summed E-state index contributed by atoms with van der Waals surface area (Å²) in [6.45, 7) is 2.09. The molecule has 0 aliphatic carbocycles. The third kappa shape index (κ3) is 3.55. The van der Waals surface area contributed by atoms with Gasteiger partial charge in [-0.3, -0.25) is 0 Å². The van der Waals surface area contributed by atoms with Crippen LogP contribution < -0.4 is 5.73 Å². The van der Waals surface area contributed by atoms with Crippen molar-refractivity contribution in [2.45, 2.75) is 25.1 Å². The van der Waals surface area contributed by atoms with E-state index in [9.17, 15) is 0 Å². The fourth-order valence-electron chi connectivity index (χ4n) is 1.23. The predicted molar refractivity (Wildman–Crippen MR) is 72.0 cm³/mol. The van der Waals surface area contributed by atoms with Gasteiger partial charge < -0.3 is 10.3 Å². The van der Waals surface area contributed by atoms with Gasteiger partial charge in [-0.05, 0) is 17.9 Å². The van der Waals surface area contributed by atoms with Crippen LogP contribution in [0.15, 0.2) is 22.0 Å². The first-order valence-corrected chi connectivity index (χ1v) is 7.52. The molecule has 2 heterocycles. The Bertz CT molecular complexity index is 441. The molecule has 17 heavy (non-hydrogen) atoms. The van der Waals surface area contributed by atoms with Gasteiger partial charge in [-0.1, -0.05) is 18.1 Å². The summed E-state index contributed by atoms with van der Waals surface area (Å²) in [6.07, 6.45) is 1.000. The quantitative estimate of drug-likeness (QED) is 0.873. The molecule has 0 spiro atoms. The first-order chi connectivity index (χ1) is 8.29. The third-order valence-electron chi connectivity index (χ3n) is 2.29. The van der Waals surface area contributed by atoms with E-state index < -0.39 is 0 Å². The van der Waals surface area contributed by atoms with Crippen molar-refractivity contribution >= 4 is 23.1 Å². The Balaban J connectivity index is 1.87. The number of nitrogens with zero attached hydrogens (tertiary/aromatic N) is 2. The molecule has 1 unspecified atom stereocenters. The Morgan fingerprint density at radius 2 is 2.47 bits per heavy atom. The topological polar surface area (TPSA) is 64.9 Å². The fourth-order valence-corrected chi connectivity index (χ4v) is 2.83. The van der Waals surface area contributed by atoms with Gasteiger partial charge in [0.15, 0.2) is 5.82 Å². The van der Waals surface area contributed by atoms with Crippen LogP contribution in [0.1, 0.15) is 19.2 Å². The van der Waals surface area contributed by atoms with Crippen molar-refractivity contribution < 1.29 is 4.52 Å². The lowest BCUT2D eigenvalue weighted by molar-refractivity contribution is 0.426. The van der Waals surface area contributed by atoms with E-state index in [0.717, 1.165) is 28.6 Å². The van der Waals surface area contributed by atoms with Gasteiger partial charge in [0.1, 0.15) is 0 Å². The summed E-state index contributed by atoms with van der Waals surface area (Å²) in [4.78, 5) is 5.36. The smallest absolute Gasteiger partial charge is 0.268 e. The molecule has 0 amide bonds. The highest BCUT2D eigenvalue weighted by Gasteiger charge is 2.09. The molecule has 1 atom stereocenters. The fraction of sp³-hybridized carbons (Fsp3) is 0.455. The van der Waals surface area contributed by atoms with Gasteiger partial charge in [0, 0.05) is 11.8 Å². The summed E-state index contributed by atoms with van der Waals surface area (Å²) >= 11 is 3.34. The highest BCUT2D eigenvalue weighted by Crippen LogP contribution is 2.23. The lowest BCUT2D eigenvalue weighted by Crippen LogP contribution is -2.21. The van der Waals surface area contributed by atoms with Crippen LogP contribution in [0.5, 0.6) is 0 Å². The second kappa shape index (κ2) is 6.18. The number of thiophene rings is 1. The number of thioether (sulfide) groups is 1. The number of rotatable bonds is 6. The van der Waals surface area contributed by atoms with Gasteiger partial charge in [0.25, 0.3) is 5.89 Å². The zero-order valence-electron chi connectivity index (χ0n) is 9.63. The molecule has 2 rings (SSSR count). The Labute approximate surface area is 109 Å². The molecule has 92 valence electrons. The van der Waals surface area contributed by atoms with Crippen molar-refractivity contribution in [2.75, 3.05) is 5.75 Å². The lowest BCUT2D eigenvalue weighted by Gasteiger charge is -2.05. The number of aromatic nitrogens is 2.